The Hall–Kier alpha value is -1.56. The largest absolute Gasteiger partial charge is 0.351 e. The van der Waals surface area contributed by atoms with Crippen LogP contribution in [0.5, 0.6) is 0 Å². The van der Waals surface area contributed by atoms with Crippen molar-refractivity contribution in [2.24, 2.45) is 5.73 Å². The third kappa shape index (κ3) is 3.30. The van der Waals surface area contributed by atoms with E-state index in [9.17, 15) is 9.59 Å². The summed E-state index contributed by atoms with van der Waals surface area (Å²) in [6.45, 7) is 4.20. The minimum absolute atomic E-state index is 0.0151. The van der Waals surface area contributed by atoms with E-state index >= 15 is 0 Å². The van der Waals surface area contributed by atoms with Gasteiger partial charge in [-0.05, 0) is 37.1 Å². The number of aryl methyl sites for hydroxylation is 1. The second-order valence-electron chi connectivity index (χ2n) is 4.93. The van der Waals surface area contributed by atoms with Crippen LogP contribution in [0, 0.1) is 6.92 Å². The predicted octanol–water partition coefficient (Wildman–Crippen LogP) is 1.98. The summed E-state index contributed by atoms with van der Waals surface area (Å²) in [4.78, 5) is 27.1. The Kier molecular flexibility index (Phi) is 4.65. The first-order chi connectivity index (χ1) is 9.49. The number of rotatable bonds is 1. The van der Waals surface area contributed by atoms with E-state index in [1.54, 1.807) is 9.80 Å². The Morgan fingerprint density at radius 3 is 2.45 bits per heavy atom. The molecule has 1 aromatic carbocycles. The zero-order chi connectivity index (χ0) is 14.7. The molecule has 0 unspecified atom stereocenters. The number of halogens is 1. The molecule has 0 radical (unpaired) electrons. The quantitative estimate of drug-likeness (QED) is 0.850. The number of primary amides is 1. The van der Waals surface area contributed by atoms with E-state index < -0.39 is 6.03 Å². The van der Waals surface area contributed by atoms with Crippen molar-refractivity contribution in [3.05, 3.63) is 33.8 Å². The minimum atomic E-state index is -0.417. The molecule has 6 heteroatoms. The van der Waals surface area contributed by atoms with Crippen molar-refractivity contribution in [3.63, 3.8) is 0 Å². The minimum Gasteiger partial charge on any atom is -0.351 e. The maximum atomic E-state index is 12.5. The molecule has 1 heterocycles. The maximum Gasteiger partial charge on any atom is 0.314 e. The summed E-state index contributed by atoms with van der Waals surface area (Å²) < 4.78 is 0.960. The lowest BCUT2D eigenvalue weighted by Gasteiger charge is -2.22. The Balaban J connectivity index is 2.11. The highest BCUT2D eigenvalue weighted by Crippen LogP contribution is 2.18. The molecule has 20 heavy (non-hydrogen) atoms. The van der Waals surface area contributed by atoms with E-state index in [-0.39, 0.29) is 5.91 Å². The lowest BCUT2D eigenvalue weighted by atomic mass is 10.1. The average molecular weight is 340 g/mol. The van der Waals surface area contributed by atoms with Crippen LogP contribution < -0.4 is 5.73 Å². The summed E-state index contributed by atoms with van der Waals surface area (Å²) in [5.41, 5.74) is 6.94. The molecule has 1 saturated heterocycles. The van der Waals surface area contributed by atoms with Crippen molar-refractivity contribution in [1.82, 2.24) is 9.80 Å². The number of hydrogen-bond donors (Lipinski definition) is 1. The van der Waals surface area contributed by atoms with Crippen molar-refractivity contribution in [2.45, 2.75) is 13.3 Å². The molecular formula is C14H18BrN3O2. The van der Waals surface area contributed by atoms with Crippen molar-refractivity contribution in [2.75, 3.05) is 26.2 Å². The first-order valence-electron chi connectivity index (χ1n) is 6.59. The number of benzene rings is 1. The number of amides is 3. The van der Waals surface area contributed by atoms with Crippen LogP contribution in [0.1, 0.15) is 22.3 Å². The number of urea groups is 1. The second kappa shape index (κ2) is 6.26. The van der Waals surface area contributed by atoms with Crippen LogP contribution >= 0.6 is 15.9 Å². The maximum absolute atomic E-state index is 12.5. The lowest BCUT2D eigenvalue weighted by molar-refractivity contribution is 0.0762. The van der Waals surface area contributed by atoms with E-state index in [1.807, 2.05) is 25.1 Å². The molecule has 108 valence electrons. The molecule has 0 spiro atoms. The molecule has 3 amide bonds. The molecule has 0 atom stereocenters. The Labute approximate surface area is 126 Å². The number of carbonyl (C=O) groups excluding carboxylic acids is 2. The SMILES string of the molecule is Cc1cc(Br)ccc1C(=O)N1CCCN(C(N)=O)CC1. The van der Waals surface area contributed by atoms with Gasteiger partial charge in [-0.3, -0.25) is 4.79 Å². The third-order valence-corrected chi connectivity index (χ3v) is 4.01. The molecule has 5 nitrogen and oxygen atoms in total. The molecule has 1 aromatic rings. The van der Waals surface area contributed by atoms with E-state index in [0.29, 0.717) is 31.7 Å². The molecule has 0 aromatic heterocycles. The van der Waals surface area contributed by atoms with E-state index in [4.69, 9.17) is 5.73 Å². The van der Waals surface area contributed by atoms with Gasteiger partial charge in [0.15, 0.2) is 0 Å². The van der Waals surface area contributed by atoms with Crippen molar-refractivity contribution in [3.8, 4) is 0 Å². The topological polar surface area (TPSA) is 66.6 Å². The number of nitrogens with zero attached hydrogens (tertiary/aromatic N) is 2. The first-order valence-corrected chi connectivity index (χ1v) is 7.38. The summed E-state index contributed by atoms with van der Waals surface area (Å²) >= 11 is 3.39. The van der Waals surface area contributed by atoms with Gasteiger partial charge in [0, 0.05) is 36.2 Å². The average Bonchev–Trinajstić information content (AvgIpc) is 2.63. The fourth-order valence-corrected chi connectivity index (χ4v) is 2.85. The standard InChI is InChI=1S/C14H18BrN3O2/c1-10-9-11(15)3-4-12(10)13(19)17-5-2-6-18(8-7-17)14(16)20/h3-4,9H,2,5-8H2,1H3,(H2,16,20). The summed E-state index contributed by atoms with van der Waals surface area (Å²) in [6.07, 6.45) is 0.754. The summed E-state index contributed by atoms with van der Waals surface area (Å²) in [5, 5.41) is 0. The van der Waals surface area contributed by atoms with Gasteiger partial charge in [0.25, 0.3) is 5.91 Å². The number of hydrogen-bond acceptors (Lipinski definition) is 2. The molecule has 0 aliphatic carbocycles. The highest BCUT2D eigenvalue weighted by Gasteiger charge is 2.22. The molecule has 1 fully saturated rings. The molecule has 2 rings (SSSR count). The highest BCUT2D eigenvalue weighted by atomic mass is 79.9. The smallest absolute Gasteiger partial charge is 0.314 e. The second-order valence-corrected chi connectivity index (χ2v) is 5.85. The highest BCUT2D eigenvalue weighted by molar-refractivity contribution is 9.10. The van der Waals surface area contributed by atoms with Crippen LogP contribution in [0.25, 0.3) is 0 Å². The van der Waals surface area contributed by atoms with Gasteiger partial charge in [0.1, 0.15) is 0 Å². The van der Waals surface area contributed by atoms with Gasteiger partial charge in [0.2, 0.25) is 0 Å². The van der Waals surface area contributed by atoms with Crippen molar-refractivity contribution >= 4 is 27.9 Å². The third-order valence-electron chi connectivity index (χ3n) is 3.51. The summed E-state index contributed by atoms with van der Waals surface area (Å²) in [5.74, 6) is 0.0151. The molecule has 0 saturated carbocycles. The van der Waals surface area contributed by atoms with Gasteiger partial charge in [-0.2, -0.15) is 0 Å². The van der Waals surface area contributed by atoms with Gasteiger partial charge >= 0.3 is 6.03 Å². The van der Waals surface area contributed by atoms with Crippen LogP contribution in [0.2, 0.25) is 0 Å². The molecule has 2 N–H and O–H groups in total. The van der Waals surface area contributed by atoms with Crippen LogP contribution in [0.4, 0.5) is 4.79 Å². The number of carbonyl (C=O) groups is 2. The molecule has 1 aliphatic heterocycles. The Morgan fingerprint density at radius 1 is 1.15 bits per heavy atom. The zero-order valence-corrected chi connectivity index (χ0v) is 13.0. The molecule has 1 aliphatic rings. The molecule has 0 bridgehead atoms. The Bertz CT molecular complexity index is 533. The van der Waals surface area contributed by atoms with Gasteiger partial charge in [0.05, 0.1) is 0 Å². The van der Waals surface area contributed by atoms with E-state index in [0.717, 1.165) is 16.5 Å². The first kappa shape index (κ1) is 14.8. The van der Waals surface area contributed by atoms with Gasteiger partial charge < -0.3 is 15.5 Å². The predicted molar refractivity (Wildman–Crippen MR) is 80.6 cm³/mol. The van der Waals surface area contributed by atoms with E-state index in [1.165, 1.54) is 0 Å². The van der Waals surface area contributed by atoms with Crippen molar-refractivity contribution in [1.29, 1.82) is 0 Å². The van der Waals surface area contributed by atoms with Crippen LogP contribution in [0.15, 0.2) is 22.7 Å². The molecular weight excluding hydrogens is 322 g/mol. The van der Waals surface area contributed by atoms with Gasteiger partial charge in [-0.15, -0.1) is 0 Å². The fourth-order valence-electron chi connectivity index (χ4n) is 2.38. The Morgan fingerprint density at radius 2 is 1.80 bits per heavy atom. The van der Waals surface area contributed by atoms with E-state index in [2.05, 4.69) is 15.9 Å². The zero-order valence-electron chi connectivity index (χ0n) is 11.4. The summed E-state index contributed by atoms with van der Waals surface area (Å²) in [7, 11) is 0. The van der Waals surface area contributed by atoms with Crippen LogP contribution in [-0.2, 0) is 0 Å². The monoisotopic (exact) mass is 339 g/mol. The van der Waals surface area contributed by atoms with Crippen molar-refractivity contribution < 1.29 is 9.59 Å². The number of nitrogens with two attached hydrogens (primary N) is 1. The van der Waals surface area contributed by atoms with Gasteiger partial charge in [-0.25, -0.2) is 4.79 Å². The van der Waals surface area contributed by atoms with Gasteiger partial charge in [-0.1, -0.05) is 15.9 Å². The fraction of sp³-hybridized carbons (Fsp3) is 0.429. The normalized spacial score (nSPS) is 15.9. The van der Waals surface area contributed by atoms with Crippen LogP contribution in [-0.4, -0.2) is 47.9 Å². The lowest BCUT2D eigenvalue weighted by Crippen LogP contribution is -2.39. The van der Waals surface area contributed by atoms with Crippen LogP contribution in [0.3, 0.4) is 0 Å². The summed E-state index contributed by atoms with van der Waals surface area (Å²) in [6, 6.07) is 5.21.